The lowest BCUT2D eigenvalue weighted by molar-refractivity contribution is -0.153. The molecule has 2 rings (SSSR count). The molecule has 0 heterocycles. The van der Waals surface area contributed by atoms with Crippen LogP contribution in [0.2, 0.25) is 0 Å². The standard InChI is InChI=1S/C16H28O4/c1-12(18-2)19-7-8-20-16(17)11-13-9-14-5-3-4-6-15(14)10-13/h12-15H,3-11H2,1-2H3. The van der Waals surface area contributed by atoms with Crippen LogP contribution in [-0.2, 0) is 19.0 Å². The molecule has 2 aliphatic rings. The molecule has 0 aromatic heterocycles. The maximum atomic E-state index is 11.8. The first kappa shape index (κ1) is 15.8. The molecule has 0 aliphatic heterocycles. The third-order valence-electron chi connectivity index (χ3n) is 4.82. The Bertz CT molecular complexity index is 291. The number of rotatable bonds is 7. The van der Waals surface area contributed by atoms with E-state index in [0.717, 1.165) is 11.8 Å². The van der Waals surface area contributed by atoms with Gasteiger partial charge in [-0.05, 0) is 37.5 Å². The molecule has 0 radical (unpaired) electrons. The summed E-state index contributed by atoms with van der Waals surface area (Å²) in [6.45, 7) is 2.55. The van der Waals surface area contributed by atoms with Crippen LogP contribution in [0, 0.1) is 17.8 Å². The van der Waals surface area contributed by atoms with E-state index in [9.17, 15) is 4.79 Å². The number of hydrogen-bond acceptors (Lipinski definition) is 4. The molecule has 0 spiro atoms. The Morgan fingerprint density at radius 1 is 1.15 bits per heavy atom. The zero-order valence-electron chi connectivity index (χ0n) is 12.8. The Morgan fingerprint density at radius 2 is 1.80 bits per heavy atom. The fourth-order valence-electron chi connectivity index (χ4n) is 3.76. The van der Waals surface area contributed by atoms with Crippen molar-refractivity contribution in [2.75, 3.05) is 20.3 Å². The number of carbonyl (C=O) groups excluding carboxylic acids is 1. The van der Waals surface area contributed by atoms with Crippen LogP contribution in [0.4, 0.5) is 0 Å². The number of methoxy groups -OCH3 is 1. The van der Waals surface area contributed by atoms with E-state index in [4.69, 9.17) is 14.2 Å². The lowest BCUT2D eigenvalue weighted by atomic mass is 9.82. The number of hydrogen-bond donors (Lipinski definition) is 0. The van der Waals surface area contributed by atoms with Crippen molar-refractivity contribution in [3.63, 3.8) is 0 Å². The minimum absolute atomic E-state index is 0.0673. The topological polar surface area (TPSA) is 44.8 Å². The van der Waals surface area contributed by atoms with Gasteiger partial charge in [0.15, 0.2) is 6.29 Å². The van der Waals surface area contributed by atoms with Gasteiger partial charge in [-0.2, -0.15) is 0 Å². The smallest absolute Gasteiger partial charge is 0.306 e. The number of carbonyl (C=O) groups is 1. The zero-order chi connectivity index (χ0) is 14.4. The van der Waals surface area contributed by atoms with Gasteiger partial charge in [-0.25, -0.2) is 0 Å². The summed E-state index contributed by atoms with van der Waals surface area (Å²) < 4.78 is 15.5. The number of fused-ring (bicyclic) bond motifs is 1. The monoisotopic (exact) mass is 284 g/mol. The Balaban J connectivity index is 1.58. The van der Waals surface area contributed by atoms with Crippen molar-refractivity contribution in [2.45, 2.75) is 58.2 Å². The molecule has 0 saturated heterocycles. The Hall–Kier alpha value is -0.610. The molecule has 20 heavy (non-hydrogen) atoms. The van der Waals surface area contributed by atoms with E-state index in [-0.39, 0.29) is 12.3 Å². The second kappa shape index (κ2) is 7.99. The van der Waals surface area contributed by atoms with Crippen molar-refractivity contribution in [1.29, 1.82) is 0 Å². The highest BCUT2D eigenvalue weighted by Crippen LogP contribution is 2.46. The summed E-state index contributed by atoms with van der Waals surface area (Å²) in [6, 6.07) is 0. The van der Waals surface area contributed by atoms with E-state index in [0.29, 0.717) is 25.6 Å². The van der Waals surface area contributed by atoms with Crippen LogP contribution >= 0.6 is 0 Å². The van der Waals surface area contributed by atoms with Crippen LogP contribution in [0.5, 0.6) is 0 Å². The van der Waals surface area contributed by atoms with E-state index in [1.807, 2.05) is 6.92 Å². The summed E-state index contributed by atoms with van der Waals surface area (Å²) in [5, 5.41) is 0. The molecular formula is C16H28O4. The predicted molar refractivity (Wildman–Crippen MR) is 76.2 cm³/mol. The summed E-state index contributed by atoms with van der Waals surface area (Å²) in [6.07, 6.45) is 8.33. The van der Waals surface area contributed by atoms with Crippen LogP contribution in [0.15, 0.2) is 0 Å². The molecular weight excluding hydrogens is 256 g/mol. The lowest BCUT2D eigenvalue weighted by Crippen LogP contribution is -2.17. The third-order valence-corrected chi connectivity index (χ3v) is 4.82. The van der Waals surface area contributed by atoms with Gasteiger partial charge in [0.25, 0.3) is 0 Å². The highest BCUT2D eigenvalue weighted by molar-refractivity contribution is 5.69. The van der Waals surface area contributed by atoms with Crippen molar-refractivity contribution in [3.05, 3.63) is 0 Å². The van der Waals surface area contributed by atoms with E-state index >= 15 is 0 Å². The van der Waals surface area contributed by atoms with E-state index < -0.39 is 0 Å². The average molecular weight is 284 g/mol. The van der Waals surface area contributed by atoms with E-state index in [1.165, 1.54) is 38.5 Å². The van der Waals surface area contributed by atoms with E-state index in [2.05, 4.69) is 0 Å². The zero-order valence-corrected chi connectivity index (χ0v) is 12.8. The molecule has 0 bridgehead atoms. The van der Waals surface area contributed by atoms with Gasteiger partial charge in [0.05, 0.1) is 6.61 Å². The molecule has 2 saturated carbocycles. The first-order chi connectivity index (χ1) is 9.69. The molecule has 4 nitrogen and oxygen atoms in total. The predicted octanol–water partition coefficient (Wildman–Crippen LogP) is 3.15. The SMILES string of the molecule is COC(C)OCCOC(=O)CC1CC2CCCCC2C1. The summed E-state index contributed by atoms with van der Waals surface area (Å²) >= 11 is 0. The molecule has 0 amide bonds. The Labute approximate surface area is 122 Å². The minimum atomic E-state index is -0.244. The summed E-state index contributed by atoms with van der Waals surface area (Å²) in [5.74, 6) is 2.25. The lowest BCUT2D eigenvalue weighted by Gasteiger charge is -2.24. The summed E-state index contributed by atoms with van der Waals surface area (Å²) in [5.41, 5.74) is 0. The fourth-order valence-corrected chi connectivity index (χ4v) is 3.76. The molecule has 3 unspecified atom stereocenters. The highest BCUT2D eigenvalue weighted by Gasteiger charge is 2.36. The van der Waals surface area contributed by atoms with Gasteiger partial charge in [-0.3, -0.25) is 4.79 Å². The Morgan fingerprint density at radius 3 is 2.40 bits per heavy atom. The van der Waals surface area contributed by atoms with Crippen molar-refractivity contribution in [2.24, 2.45) is 17.8 Å². The van der Waals surface area contributed by atoms with Crippen LogP contribution in [0.3, 0.4) is 0 Å². The van der Waals surface area contributed by atoms with Crippen LogP contribution in [0.25, 0.3) is 0 Å². The van der Waals surface area contributed by atoms with Crippen LogP contribution < -0.4 is 0 Å². The molecule has 0 aromatic carbocycles. The summed E-state index contributed by atoms with van der Waals surface area (Å²) in [4.78, 5) is 11.8. The third kappa shape index (κ3) is 4.74. The molecule has 2 fully saturated rings. The molecule has 4 heteroatoms. The molecule has 0 aromatic rings. The maximum Gasteiger partial charge on any atom is 0.306 e. The first-order valence-corrected chi connectivity index (χ1v) is 7.99. The average Bonchev–Trinajstić information content (AvgIpc) is 2.85. The van der Waals surface area contributed by atoms with Gasteiger partial charge in [-0.15, -0.1) is 0 Å². The molecule has 116 valence electrons. The van der Waals surface area contributed by atoms with Crippen LogP contribution in [-0.4, -0.2) is 32.6 Å². The van der Waals surface area contributed by atoms with Gasteiger partial charge in [0, 0.05) is 13.5 Å². The van der Waals surface area contributed by atoms with Crippen molar-refractivity contribution in [1.82, 2.24) is 0 Å². The molecule has 0 N–H and O–H groups in total. The van der Waals surface area contributed by atoms with Crippen molar-refractivity contribution < 1.29 is 19.0 Å². The molecule has 3 atom stereocenters. The van der Waals surface area contributed by atoms with Gasteiger partial charge in [-0.1, -0.05) is 25.7 Å². The van der Waals surface area contributed by atoms with Crippen LogP contribution in [0.1, 0.15) is 51.9 Å². The van der Waals surface area contributed by atoms with Gasteiger partial charge >= 0.3 is 5.97 Å². The second-order valence-corrected chi connectivity index (χ2v) is 6.24. The van der Waals surface area contributed by atoms with Gasteiger partial charge in [0.1, 0.15) is 6.61 Å². The normalized spacial score (nSPS) is 30.8. The number of esters is 1. The maximum absolute atomic E-state index is 11.8. The highest BCUT2D eigenvalue weighted by atomic mass is 16.7. The number of ether oxygens (including phenoxy) is 3. The van der Waals surface area contributed by atoms with Gasteiger partial charge < -0.3 is 14.2 Å². The van der Waals surface area contributed by atoms with Crippen molar-refractivity contribution in [3.8, 4) is 0 Å². The second-order valence-electron chi connectivity index (χ2n) is 6.24. The van der Waals surface area contributed by atoms with E-state index in [1.54, 1.807) is 7.11 Å². The van der Waals surface area contributed by atoms with Gasteiger partial charge in [0.2, 0.25) is 0 Å². The summed E-state index contributed by atoms with van der Waals surface area (Å²) in [7, 11) is 1.59. The fraction of sp³-hybridized carbons (Fsp3) is 0.938. The Kier molecular flexibility index (Phi) is 6.30. The largest absolute Gasteiger partial charge is 0.463 e. The quantitative estimate of drug-likeness (QED) is 0.409. The molecule has 2 aliphatic carbocycles. The first-order valence-electron chi connectivity index (χ1n) is 7.99. The minimum Gasteiger partial charge on any atom is -0.463 e. The van der Waals surface area contributed by atoms with Crippen molar-refractivity contribution >= 4 is 5.97 Å².